The highest BCUT2D eigenvalue weighted by atomic mass is 79.9. The van der Waals surface area contributed by atoms with Crippen molar-refractivity contribution in [3.8, 4) is 28.7 Å². The molecule has 0 spiro atoms. The smallest absolute Gasteiger partial charge is 0.189 e. The van der Waals surface area contributed by atoms with Gasteiger partial charge in [0.05, 0.1) is 51.4 Å². The van der Waals surface area contributed by atoms with Crippen molar-refractivity contribution < 1.29 is 42.5 Å². The molecule has 222 valence electrons. The van der Waals surface area contributed by atoms with Crippen molar-refractivity contribution in [3.63, 3.8) is 0 Å². The van der Waals surface area contributed by atoms with Gasteiger partial charge >= 0.3 is 0 Å². The Morgan fingerprint density at radius 1 is 0.829 bits per heavy atom. The molecule has 1 aliphatic heterocycles. The molecule has 0 aromatic heterocycles. The molecule has 0 amide bonds. The minimum atomic E-state index is -3.96. The Morgan fingerprint density at radius 3 is 1.76 bits per heavy atom. The van der Waals surface area contributed by atoms with Crippen molar-refractivity contribution >= 4 is 39.0 Å². The molecule has 1 saturated heterocycles. The van der Waals surface area contributed by atoms with E-state index in [1.165, 1.54) is 35.5 Å². The monoisotopic (exact) mass is 650 g/mol. The molecule has 1 heterocycles. The third-order valence-electron chi connectivity index (χ3n) is 6.94. The summed E-state index contributed by atoms with van der Waals surface area (Å²) in [5, 5.41) is 1.07. The quantitative estimate of drug-likeness (QED) is 0.191. The summed E-state index contributed by atoms with van der Waals surface area (Å²) in [6.45, 7) is 2.95. The summed E-state index contributed by atoms with van der Waals surface area (Å²) < 4.78 is 63.0. The summed E-state index contributed by atoms with van der Waals surface area (Å²) in [7, 11) is 3.67. The van der Waals surface area contributed by atoms with E-state index in [2.05, 4.69) is 15.9 Å². The lowest BCUT2D eigenvalue weighted by Gasteiger charge is -2.29. The van der Waals surface area contributed by atoms with Crippen LogP contribution in [0, 0.1) is 0 Å². The maximum Gasteiger partial charge on any atom is 0.189 e. The van der Waals surface area contributed by atoms with Crippen LogP contribution in [-0.2, 0) is 25.2 Å². The fraction of sp³-hybridized carbons (Fsp3) is 0.400. The highest BCUT2D eigenvalue weighted by Crippen LogP contribution is 2.55. The predicted octanol–water partition coefficient (Wildman–Crippen LogP) is 4.80. The number of aryl methyl sites for hydroxylation is 1. The molecule has 0 atom stereocenters. The molecule has 11 heteroatoms. The molecule has 1 fully saturated rings. The summed E-state index contributed by atoms with van der Waals surface area (Å²) >= 11 is 3.69. The van der Waals surface area contributed by atoms with Gasteiger partial charge in [-0.3, -0.25) is 0 Å². The minimum absolute atomic E-state index is 0.0726. The van der Waals surface area contributed by atoms with Crippen molar-refractivity contribution in [3.05, 3.63) is 58.6 Å². The molecule has 0 N–H and O–H groups in total. The van der Waals surface area contributed by atoms with E-state index in [9.17, 15) is 0 Å². The lowest BCUT2D eigenvalue weighted by molar-refractivity contribution is -0.146. The molecule has 0 unspecified atom stereocenters. The minimum Gasteiger partial charge on any atom is -0.496 e. The Kier molecular flexibility index (Phi) is 10.3. The molecule has 4 rings (SSSR count). The fourth-order valence-corrected chi connectivity index (χ4v) is 9.19. The number of benzene rings is 3. The molecule has 0 aliphatic carbocycles. The van der Waals surface area contributed by atoms with Crippen LogP contribution in [0.15, 0.2) is 53.0 Å². The molecule has 0 radical (unpaired) electrons. The second kappa shape index (κ2) is 13.5. The summed E-state index contributed by atoms with van der Waals surface area (Å²) in [5.41, 5.74) is 0.889. The lowest BCUT2D eigenvalue weighted by atomic mass is 10.1. The molecular weight excluding hydrogens is 615 g/mol. The molecule has 41 heavy (non-hydrogen) atoms. The highest BCUT2D eigenvalue weighted by Gasteiger charge is 2.43. The maximum atomic E-state index is 16.2. The average molecular weight is 651 g/mol. The summed E-state index contributed by atoms with van der Waals surface area (Å²) in [5.74, 6) is 1.15. The van der Waals surface area contributed by atoms with E-state index in [-0.39, 0.29) is 6.79 Å². The van der Waals surface area contributed by atoms with Crippen LogP contribution in [0.3, 0.4) is 0 Å². The molecule has 9 nitrogen and oxygen atoms in total. The summed E-state index contributed by atoms with van der Waals surface area (Å²) in [4.78, 5) is 0. The summed E-state index contributed by atoms with van der Waals surface area (Å²) in [6, 6.07) is 14.4. The number of ether oxygens (including phenoxy) is 8. The molecule has 3 aromatic rings. The van der Waals surface area contributed by atoms with Gasteiger partial charge in [-0.2, -0.15) is 0 Å². The van der Waals surface area contributed by atoms with E-state index in [1.807, 2.05) is 19.1 Å². The first-order valence-electron chi connectivity index (χ1n) is 13.0. The van der Waals surface area contributed by atoms with Crippen molar-refractivity contribution in [1.82, 2.24) is 0 Å². The predicted molar refractivity (Wildman–Crippen MR) is 161 cm³/mol. The maximum absolute atomic E-state index is 16.2. The van der Waals surface area contributed by atoms with Crippen LogP contribution < -0.4 is 39.6 Å². The first kappa shape index (κ1) is 31.2. The first-order valence-corrected chi connectivity index (χ1v) is 15.5. The summed E-state index contributed by atoms with van der Waals surface area (Å²) in [6.07, 6.45) is 1.18. The highest BCUT2D eigenvalue weighted by molar-refractivity contribution is 9.10. The normalized spacial score (nSPS) is 14.5. The standard InChI is InChI=1S/C30H36BrO9P/c1-30(39-15-16-40-30)14-13-20-17-21(31)27(38-19-33-2)26(18-20)41(32,28-22(34-3)9-7-10-23(28)35-4)29-24(36-5)11-8-12-25(29)37-6/h7-12,17-18H,13-16,19H2,1-6H3. The molecule has 3 aromatic carbocycles. The second-order valence-electron chi connectivity index (χ2n) is 9.44. The molecule has 0 saturated carbocycles. The number of methoxy groups -OCH3 is 5. The van der Waals surface area contributed by atoms with Crippen molar-refractivity contribution in [1.29, 1.82) is 0 Å². The van der Waals surface area contributed by atoms with Gasteiger partial charge in [-0.1, -0.05) is 12.1 Å². The van der Waals surface area contributed by atoms with Gasteiger partial charge in [-0.25, -0.2) is 0 Å². The van der Waals surface area contributed by atoms with Crippen LogP contribution in [0.1, 0.15) is 18.9 Å². The number of hydrogen-bond acceptors (Lipinski definition) is 9. The van der Waals surface area contributed by atoms with Crippen LogP contribution in [0.4, 0.5) is 0 Å². The van der Waals surface area contributed by atoms with Gasteiger partial charge in [0.1, 0.15) is 39.4 Å². The molecule has 0 bridgehead atoms. The Labute approximate surface area is 249 Å². The van der Waals surface area contributed by atoms with E-state index in [1.54, 1.807) is 36.4 Å². The Balaban J connectivity index is 2.09. The Morgan fingerprint density at radius 2 is 1.32 bits per heavy atom. The lowest BCUT2D eigenvalue weighted by Crippen LogP contribution is -2.31. The number of rotatable bonds is 13. The Bertz CT molecular complexity index is 1300. The van der Waals surface area contributed by atoms with Gasteiger partial charge < -0.3 is 42.5 Å². The van der Waals surface area contributed by atoms with Crippen LogP contribution in [0.25, 0.3) is 0 Å². The van der Waals surface area contributed by atoms with E-state index in [0.717, 1.165) is 5.56 Å². The SMILES string of the molecule is COCOc1c(Br)cc(CCC2(C)OCCO2)cc1P(=O)(c1c(OC)cccc1OC)c1c(OC)cccc1OC. The van der Waals surface area contributed by atoms with E-state index >= 15 is 4.57 Å². The fourth-order valence-electron chi connectivity index (χ4n) is 4.98. The third-order valence-corrected chi connectivity index (χ3v) is 10.7. The molecular formula is C30H36BrO9P. The van der Waals surface area contributed by atoms with Gasteiger partial charge in [0.25, 0.3) is 0 Å². The van der Waals surface area contributed by atoms with Crippen LogP contribution in [-0.4, -0.2) is 61.3 Å². The van der Waals surface area contributed by atoms with Gasteiger partial charge in [0.2, 0.25) is 0 Å². The van der Waals surface area contributed by atoms with Crippen LogP contribution in [0.5, 0.6) is 28.7 Å². The van der Waals surface area contributed by atoms with E-state index in [4.69, 9.17) is 37.9 Å². The van der Waals surface area contributed by atoms with Crippen molar-refractivity contribution in [2.24, 2.45) is 0 Å². The zero-order chi connectivity index (χ0) is 29.6. The Hall–Kier alpha value is -2.75. The topological polar surface area (TPSA) is 90.9 Å². The van der Waals surface area contributed by atoms with E-state index < -0.39 is 12.9 Å². The van der Waals surface area contributed by atoms with Crippen molar-refractivity contribution in [2.75, 3.05) is 55.6 Å². The van der Waals surface area contributed by atoms with Crippen LogP contribution >= 0.6 is 23.1 Å². The van der Waals surface area contributed by atoms with Gasteiger partial charge in [0.15, 0.2) is 19.7 Å². The van der Waals surface area contributed by atoms with Crippen LogP contribution in [0.2, 0.25) is 0 Å². The molecule has 1 aliphatic rings. The van der Waals surface area contributed by atoms with Gasteiger partial charge in [0, 0.05) is 13.5 Å². The van der Waals surface area contributed by atoms with E-state index in [0.29, 0.717) is 75.2 Å². The third kappa shape index (κ3) is 6.22. The largest absolute Gasteiger partial charge is 0.496 e. The number of hydrogen-bond donors (Lipinski definition) is 0. The van der Waals surface area contributed by atoms with Gasteiger partial charge in [-0.05, 0) is 71.2 Å². The second-order valence-corrected chi connectivity index (χ2v) is 12.9. The zero-order valence-corrected chi connectivity index (χ0v) is 26.6. The van der Waals surface area contributed by atoms with Crippen molar-refractivity contribution in [2.45, 2.75) is 25.6 Å². The number of halogens is 1. The average Bonchev–Trinajstić information content (AvgIpc) is 3.44. The first-order chi connectivity index (χ1) is 19.8. The van der Waals surface area contributed by atoms with Gasteiger partial charge in [-0.15, -0.1) is 0 Å². The zero-order valence-electron chi connectivity index (χ0n) is 24.2.